The largest absolute Gasteiger partial charge is 0.383 e. The molecule has 0 radical (unpaired) electrons. The van der Waals surface area contributed by atoms with Crippen molar-refractivity contribution in [2.75, 3.05) is 31.4 Å². The lowest BCUT2D eigenvalue weighted by molar-refractivity contribution is 0.171. The molecule has 2 N–H and O–H groups in total. The number of nitrogens with one attached hydrogen (secondary N) is 2. The average molecular weight is 280 g/mol. The van der Waals surface area contributed by atoms with Crippen molar-refractivity contribution in [3.63, 3.8) is 0 Å². The molecule has 6 heteroatoms. The van der Waals surface area contributed by atoms with Crippen LogP contribution in [0.1, 0.15) is 13.8 Å². The zero-order chi connectivity index (χ0) is 13.8. The average Bonchev–Trinajstić information content (AvgIpc) is 2.86. The molecule has 0 aliphatic carbocycles. The number of nitrogens with zero attached hydrogens (tertiary/aromatic N) is 2. The lowest BCUT2D eigenvalue weighted by Gasteiger charge is -2.22. The van der Waals surface area contributed by atoms with Gasteiger partial charge in [-0.2, -0.15) is 4.98 Å². The summed E-state index contributed by atoms with van der Waals surface area (Å²) < 4.78 is 5.27. The quantitative estimate of drug-likeness (QED) is 0.852. The Morgan fingerprint density at radius 1 is 1.37 bits per heavy atom. The zero-order valence-corrected chi connectivity index (χ0v) is 12.5. The Kier molecular flexibility index (Phi) is 4.55. The second-order valence-electron chi connectivity index (χ2n) is 4.74. The van der Waals surface area contributed by atoms with Gasteiger partial charge in [-0.05, 0) is 17.4 Å². The Balaban J connectivity index is 2.34. The molecule has 0 fully saturated rings. The standard InChI is InChI=1S/C13H20N4OS/c1-8(2)10(7-18-4)15-11-9-5-6-19-12(9)17-13(14-3)16-11/h5-6,8,10H,7H2,1-4H3,(H2,14,15,16,17). The van der Waals surface area contributed by atoms with E-state index in [0.717, 1.165) is 16.0 Å². The molecule has 0 bridgehead atoms. The van der Waals surface area contributed by atoms with Crippen LogP contribution < -0.4 is 10.6 Å². The van der Waals surface area contributed by atoms with Crippen molar-refractivity contribution in [1.82, 2.24) is 9.97 Å². The van der Waals surface area contributed by atoms with E-state index in [1.165, 1.54) is 0 Å². The van der Waals surface area contributed by atoms with Gasteiger partial charge in [-0.1, -0.05) is 13.8 Å². The van der Waals surface area contributed by atoms with Crippen LogP contribution in [0.5, 0.6) is 0 Å². The molecular formula is C13H20N4OS. The summed E-state index contributed by atoms with van der Waals surface area (Å²) in [6.45, 7) is 4.99. The number of thiophene rings is 1. The molecule has 5 nitrogen and oxygen atoms in total. The van der Waals surface area contributed by atoms with Gasteiger partial charge in [-0.25, -0.2) is 4.98 Å². The Bertz CT molecular complexity index is 540. The van der Waals surface area contributed by atoms with Gasteiger partial charge in [0.1, 0.15) is 10.6 Å². The summed E-state index contributed by atoms with van der Waals surface area (Å²) in [7, 11) is 3.55. The maximum absolute atomic E-state index is 5.27. The molecule has 2 aromatic heterocycles. The highest BCUT2D eigenvalue weighted by Crippen LogP contribution is 2.27. The second kappa shape index (κ2) is 6.16. The molecule has 1 atom stereocenters. The molecule has 0 spiro atoms. The lowest BCUT2D eigenvalue weighted by Crippen LogP contribution is -2.31. The Hall–Kier alpha value is -1.40. The van der Waals surface area contributed by atoms with E-state index in [4.69, 9.17) is 4.74 Å². The lowest BCUT2D eigenvalue weighted by atomic mass is 10.1. The Labute approximate surface area is 117 Å². The molecule has 0 aliphatic rings. The van der Waals surface area contributed by atoms with E-state index >= 15 is 0 Å². The molecular weight excluding hydrogens is 260 g/mol. The van der Waals surface area contributed by atoms with Crippen molar-refractivity contribution < 1.29 is 4.74 Å². The fraction of sp³-hybridized carbons (Fsp3) is 0.538. The summed E-state index contributed by atoms with van der Waals surface area (Å²) in [5.41, 5.74) is 0. The molecule has 2 heterocycles. The van der Waals surface area contributed by atoms with Crippen molar-refractivity contribution in [2.45, 2.75) is 19.9 Å². The minimum atomic E-state index is 0.229. The van der Waals surface area contributed by atoms with Gasteiger partial charge in [0.05, 0.1) is 18.0 Å². The molecule has 0 amide bonds. The van der Waals surface area contributed by atoms with Gasteiger partial charge in [-0.15, -0.1) is 11.3 Å². The van der Waals surface area contributed by atoms with E-state index < -0.39 is 0 Å². The van der Waals surface area contributed by atoms with Gasteiger partial charge >= 0.3 is 0 Å². The van der Waals surface area contributed by atoms with Crippen molar-refractivity contribution >= 4 is 33.3 Å². The fourth-order valence-electron chi connectivity index (χ4n) is 1.83. The maximum Gasteiger partial charge on any atom is 0.225 e. The van der Waals surface area contributed by atoms with E-state index in [1.54, 1.807) is 18.4 Å². The summed E-state index contributed by atoms with van der Waals surface area (Å²) in [6, 6.07) is 2.28. The first kappa shape index (κ1) is 14.0. The predicted octanol–water partition coefficient (Wildman–Crippen LogP) is 2.82. The Morgan fingerprint density at radius 2 is 2.16 bits per heavy atom. The molecule has 19 heavy (non-hydrogen) atoms. The van der Waals surface area contributed by atoms with Crippen LogP contribution in [0.2, 0.25) is 0 Å². The summed E-state index contributed by atoms with van der Waals surface area (Å²) >= 11 is 1.62. The SMILES string of the molecule is CNc1nc(NC(COC)C(C)C)c2ccsc2n1. The fourth-order valence-corrected chi connectivity index (χ4v) is 2.60. The molecule has 1 unspecified atom stereocenters. The van der Waals surface area contributed by atoms with Crippen LogP contribution in [0, 0.1) is 5.92 Å². The smallest absolute Gasteiger partial charge is 0.225 e. The van der Waals surface area contributed by atoms with Crippen LogP contribution in [0.3, 0.4) is 0 Å². The monoisotopic (exact) mass is 280 g/mol. The van der Waals surface area contributed by atoms with Gasteiger partial charge in [0.25, 0.3) is 0 Å². The van der Waals surface area contributed by atoms with Crippen LogP contribution in [0.15, 0.2) is 11.4 Å². The molecule has 0 saturated carbocycles. The topological polar surface area (TPSA) is 59.1 Å². The van der Waals surface area contributed by atoms with Crippen LogP contribution >= 0.6 is 11.3 Å². The second-order valence-corrected chi connectivity index (χ2v) is 5.63. The molecule has 2 aromatic rings. The van der Waals surface area contributed by atoms with Gasteiger partial charge in [0, 0.05) is 14.2 Å². The maximum atomic E-state index is 5.27. The molecule has 0 aromatic carbocycles. The summed E-state index contributed by atoms with van der Waals surface area (Å²) in [5, 5.41) is 9.56. The van der Waals surface area contributed by atoms with Crippen molar-refractivity contribution in [1.29, 1.82) is 0 Å². The third kappa shape index (κ3) is 3.13. The van der Waals surface area contributed by atoms with Crippen molar-refractivity contribution in [3.05, 3.63) is 11.4 Å². The predicted molar refractivity (Wildman–Crippen MR) is 81.1 cm³/mol. The van der Waals surface area contributed by atoms with Gasteiger partial charge < -0.3 is 15.4 Å². The molecule has 2 rings (SSSR count). The third-order valence-corrected chi connectivity index (χ3v) is 3.83. The van der Waals surface area contributed by atoms with E-state index in [9.17, 15) is 0 Å². The van der Waals surface area contributed by atoms with E-state index in [0.29, 0.717) is 18.5 Å². The molecule has 0 aliphatic heterocycles. The van der Waals surface area contributed by atoms with Gasteiger partial charge in [0.2, 0.25) is 5.95 Å². The van der Waals surface area contributed by atoms with Gasteiger partial charge in [0.15, 0.2) is 0 Å². The summed E-state index contributed by atoms with van der Waals surface area (Å²) in [5.74, 6) is 1.96. The van der Waals surface area contributed by atoms with Crippen LogP contribution in [-0.2, 0) is 4.74 Å². The van der Waals surface area contributed by atoms with E-state index in [2.05, 4.69) is 34.4 Å². The van der Waals surface area contributed by atoms with E-state index in [-0.39, 0.29) is 6.04 Å². The number of aromatic nitrogens is 2. The minimum Gasteiger partial charge on any atom is -0.383 e. The van der Waals surface area contributed by atoms with E-state index in [1.807, 2.05) is 18.5 Å². The number of hydrogen-bond acceptors (Lipinski definition) is 6. The first-order chi connectivity index (χ1) is 9.15. The molecule has 0 saturated heterocycles. The highest BCUT2D eigenvalue weighted by atomic mass is 32.1. The Morgan fingerprint density at radius 3 is 2.79 bits per heavy atom. The summed E-state index contributed by atoms with van der Waals surface area (Å²) in [6.07, 6.45) is 0. The third-order valence-electron chi connectivity index (χ3n) is 3.02. The first-order valence-corrected chi connectivity index (χ1v) is 7.22. The van der Waals surface area contributed by atoms with Crippen LogP contribution in [-0.4, -0.2) is 36.8 Å². The number of hydrogen-bond donors (Lipinski definition) is 2. The highest BCUT2D eigenvalue weighted by Gasteiger charge is 2.16. The first-order valence-electron chi connectivity index (χ1n) is 6.34. The summed E-state index contributed by atoms with van der Waals surface area (Å²) in [4.78, 5) is 9.94. The number of methoxy groups -OCH3 is 1. The zero-order valence-electron chi connectivity index (χ0n) is 11.7. The van der Waals surface area contributed by atoms with Gasteiger partial charge in [-0.3, -0.25) is 0 Å². The number of fused-ring (bicyclic) bond motifs is 1. The number of rotatable bonds is 6. The minimum absolute atomic E-state index is 0.229. The van der Waals surface area contributed by atoms with Crippen molar-refractivity contribution in [2.24, 2.45) is 5.92 Å². The van der Waals surface area contributed by atoms with Crippen LogP contribution in [0.4, 0.5) is 11.8 Å². The normalized spacial score (nSPS) is 12.9. The number of ether oxygens (including phenoxy) is 1. The van der Waals surface area contributed by atoms with Crippen molar-refractivity contribution in [3.8, 4) is 0 Å². The molecule has 104 valence electrons. The number of anilines is 2. The highest BCUT2D eigenvalue weighted by molar-refractivity contribution is 7.16. The van der Waals surface area contributed by atoms with Crippen LogP contribution in [0.25, 0.3) is 10.2 Å².